The van der Waals surface area contributed by atoms with Crippen LogP contribution in [0, 0.1) is 11.7 Å². The maximum absolute atomic E-state index is 13.2. The van der Waals surface area contributed by atoms with Gasteiger partial charge in [-0.15, -0.1) is 0 Å². The monoisotopic (exact) mass is 295 g/mol. The molecule has 0 atom stereocenters. The van der Waals surface area contributed by atoms with Crippen LogP contribution in [-0.2, 0) is 16.1 Å². The molecule has 0 heterocycles. The van der Waals surface area contributed by atoms with Crippen molar-refractivity contribution in [3.8, 4) is 5.75 Å². The zero-order valence-electron chi connectivity index (χ0n) is 12.3. The van der Waals surface area contributed by atoms with Gasteiger partial charge < -0.3 is 15.2 Å². The molecule has 4 nitrogen and oxygen atoms in total. The van der Waals surface area contributed by atoms with Crippen LogP contribution < -0.4 is 5.32 Å². The van der Waals surface area contributed by atoms with Gasteiger partial charge in [0.2, 0.25) is 0 Å². The molecule has 1 aromatic carbocycles. The number of esters is 1. The van der Waals surface area contributed by atoms with Gasteiger partial charge in [0.1, 0.15) is 0 Å². The number of phenols is 1. The van der Waals surface area contributed by atoms with Gasteiger partial charge in [0.25, 0.3) is 0 Å². The summed E-state index contributed by atoms with van der Waals surface area (Å²) in [5, 5.41) is 12.9. The Hall–Kier alpha value is -1.62. The van der Waals surface area contributed by atoms with Crippen molar-refractivity contribution >= 4 is 5.97 Å². The number of ether oxygens (including phenoxy) is 1. The Labute approximate surface area is 124 Å². The Kier molecular flexibility index (Phi) is 5.56. The molecule has 116 valence electrons. The van der Waals surface area contributed by atoms with E-state index in [9.17, 15) is 14.3 Å². The predicted octanol–water partition coefficient (Wildman–Crippen LogP) is 2.74. The lowest BCUT2D eigenvalue weighted by atomic mass is 9.86. The molecule has 0 aliphatic heterocycles. The van der Waals surface area contributed by atoms with Crippen LogP contribution in [-0.4, -0.2) is 23.7 Å². The number of benzene rings is 1. The first-order valence-electron chi connectivity index (χ1n) is 7.48. The zero-order valence-corrected chi connectivity index (χ0v) is 12.3. The highest BCUT2D eigenvalue weighted by molar-refractivity contribution is 5.72. The van der Waals surface area contributed by atoms with Crippen LogP contribution in [0.5, 0.6) is 5.75 Å². The van der Waals surface area contributed by atoms with E-state index in [1.54, 1.807) is 12.1 Å². The van der Waals surface area contributed by atoms with Crippen molar-refractivity contribution in [1.82, 2.24) is 5.32 Å². The Morgan fingerprint density at radius 2 is 2.10 bits per heavy atom. The highest BCUT2D eigenvalue weighted by atomic mass is 19.1. The first kappa shape index (κ1) is 15.8. The smallest absolute Gasteiger partial charge is 0.308 e. The van der Waals surface area contributed by atoms with E-state index in [2.05, 4.69) is 5.32 Å². The van der Waals surface area contributed by atoms with Gasteiger partial charge in [0.05, 0.1) is 12.5 Å². The second-order valence-corrected chi connectivity index (χ2v) is 5.43. The van der Waals surface area contributed by atoms with Crippen LogP contribution in [0.4, 0.5) is 4.39 Å². The lowest BCUT2D eigenvalue weighted by Crippen LogP contribution is -2.35. The lowest BCUT2D eigenvalue weighted by Gasteiger charge is -2.28. The van der Waals surface area contributed by atoms with Gasteiger partial charge >= 0.3 is 5.97 Å². The molecule has 0 bridgehead atoms. The molecular formula is C16H22FNO3. The lowest BCUT2D eigenvalue weighted by molar-refractivity contribution is -0.149. The zero-order chi connectivity index (χ0) is 15.2. The number of carbonyl (C=O) groups excluding carboxylic acids is 1. The van der Waals surface area contributed by atoms with Crippen molar-refractivity contribution in [1.29, 1.82) is 0 Å². The van der Waals surface area contributed by atoms with Crippen LogP contribution in [0.1, 0.15) is 38.2 Å². The maximum atomic E-state index is 13.2. The number of aromatic hydroxyl groups is 1. The summed E-state index contributed by atoms with van der Waals surface area (Å²) in [6, 6.07) is 4.82. The van der Waals surface area contributed by atoms with Gasteiger partial charge in [0.15, 0.2) is 11.6 Å². The van der Waals surface area contributed by atoms with E-state index in [1.807, 2.05) is 6.92 Å². The molecule has 1 saturated carbocycles. The number of hydrogen-bond donors (Lipinski definition) is 2. The first-order valence-corrected chi connectivity index (χ1v) is 7.48. The Morgan fingerprint density at radius 1 is 1.38 bits per heavy atom. The molecule has 0 aromatic heterocycles. The molecule has 0 radical (unpaired) electrons. The number of nitrogens with one attached hydrogen (secondary N) is 1. The molecule has 21 heavy (non-hydrogen) atoms. The standard InChI is InChI=1S/C16H22FNO3/c1-2-21-16(20)11-6-8-13(9-7-11)18-10-12-4-3-5-14(17)15(12)19/h3-5,11,13,18-19H,2,6-10H2,1H3. The summed E-state index contributed by atoms with van der Waals surface area (Å²) in [6.45, 7) is 2.67. The van der Waals surface area contributed by atoms with Crippen LogP contribution in [0.15, 0.2) is 18.2 Å². The van der Waals surface area contributed by atoms with Gasteiger partial charge in [-0.25, -0.2) is 4.39 Å². The third kappa shape index (κ3) is 4.17. The number of rotatable bonds is 5. The summed E-state index contributed by atoms with van der Waals surface area (Å²) in [5.74, 6) is -0.977. The van der Waals surface area contributed by atoms with E-state index < -0.39 is 5.82 Å². The average Bonchev–Trinajstić information content (AvgIpc) is 2.49. The molecule has 1 aromatic rings. The number of phenolic OH excluding ortho intramolecular Hbond substituents is 1. The molecule has 0 amide bonds. The van der Waals surface area contributed by atoms with Crippen molar-refractivity contribution in [3.05, 3.63) is 29.6 Å². The summed E-state index contributed by atoms with van der Waals surface area (Å²) in [6.07, 6.45) is 3.40. The molecule has 2 N–H and O–H groups in total. The van der Waals surface area contributed by atoms with Crippen molar-refractivity contribution in [3.63, 3.8) is 0 Å². The van der Waals surface area contributed by atoms with Crippen LogP contribution >= 0.6 is 0 Å². The molecule has 0 saturated heterocycles. The van der Waals surface area contributed by atoms with Crippen LogP contribution in [0.25, 0.3) is 0 Å². The highest BCUT2D eigenvalue weighted by Crippen LogP contribution is 2.26. The summed E-state index contributed by atoms with van der Waals surface area (Å²) in [4.78, 5) is 11.6. The fourth-order valence-corrected chi connectivity index (χ4v) is 2.75. The first-order chi connectivity index (χ1) is 10.1. The summed E-state index contributed by atoms with van der Waals surface area (Å²) >= 11 is 0. The summed E-state index contributed by atoms with van der Waals surface area (Å²) < 4.78 is 18.3. The SMILES string of the molecule is CCOC(=O)C1CCC(NCc2cccc(F)c2O)CC1. The minimum Gasteiger partial charge on any atom is -0.505 e. The Morgan fingerprint density at radius 3 is 2.76 bits per heavy atom. The largest absolute Gasteiger partial charge is 0.505 e. The minimum absolute atomic E-state index is 0.00516. The van der Waals surface area contributed by atoms with Gasteiger partial charge in [-0.05, 0) is 38.7 Å². The quantitative estimate of drug-likeness (QED) is 0.820. The fraction of sp³-hybridized carbons (Fsp3) is 0.562. The third-order valence-electron chi connectivity index (χ3n) is 4.00. The van der Waals surface area contributed by atoms with E-state index in [0.717, 1.165) is 25.7 Å². The van der Waals surface area contributed by atoms with Gasteiger partial charge in [-0.2, -0.15) is 0 Å². The molecule has 2 rings (SSSR count). The van der Waals surface area contributed by atoms with E-state index in [0.29, 0.717) is 24.8 Å². The number of hydrogen-bond acceptors (Lipinski definition) is 4. The Balaban J connectivity index is 1.79. The average molecular weight is 295 g/mol. The van der Waals surface area contributed by atoms with Crippen LogP contribution in [0.3, 0.4) is 0 Å². The second-order valence-electron chi connectivity index (χ2n) is 5.43. The summed E-state index contributed by atoms with van der Waals surface area (Å²) in [5.41, 5.74) is 0.558. The molecule has 1 aliphatic rings. The predicted molar refractivity (Wildman–Crippen MR) is 77.3 cm³/mol. The van der Waals surface area contributed by atoms with Crippen molar-refractivity contribution in [2.45, 2.75) is 45.2 Å². The minimum atomic E-state index is -0.597. The topological polar surface area (TPSA) is 58.6 Å². The van der Waals surface area contributed by atoms with Crippen molar-refractivity contribution < 1.29 is 19.0 Å². The van der Waals surface area contributed by atoms with Crippen LogP contribution in [0.2, 0.25) is 0 Å². The molecule has 5 heteroatoms. The van der Waals surface area contributed by atoms with E-state index in [4.69, 9.17) is 4.74 Å². The van der Waals surface area contributed by atoms with Gasteiger partial charge in [-0.1, -0.05) is 12.1 Å². The molecule has 0 spiro atoms. The van der Waals surface area contributed by atoms with Crippen molar-refractivity contribution in [2.24, 2.45) is 5.92 Å². The molecule has 1 aliphatic carbocycles. The summed E-state index contributed by atoms with van der Waals surface area (Å²) in [7, 11) is 0. The van der Waals surface area contributed by atoms with Gasteiger partial charge in [0, 0.05) is 18.2 Å². The van der Waals surface area contributed by atoms with E-state index in [1.165, 1.54) is 6.07 Å². The number of carbonyl (C=O) groups is 1. The molecular weight excluding hydrogens is 273 g/mol. The van der Waals surface area contributed by atoms with Crippen molar-refractivity contribution in [2.75, 3.05) is 6.61 Å². The van der Waals surface area contributed by atoms with E-state index >= 15 is 0 Å². The van der Waals surface area contributed by atoms with E-state index in [-0.39, 0.29) is 17.6 Å². The Bertz CT molecular complexity index is 484. The normalized spacial score (nSPS) is 22.0. The number of para-hydroxylation sites is 1. The van der Waals surface area contributed by atoms with Gasteiger partial charge in [-0.3, -0.25) is 4.79 Å². The third-order valence-corrected chi connectivity index (χ3v) is 4.00. The fourth-order valence-electron chi connectivity index (χ4n) is 2.75. The maximum Gasteiger partial charge on any atom is 0.308 e. The highest BCUT2D eigenvalue weighted by Gasteiger charge is 2.27. The second kappa shape index (κ2) is 7.41. The molecule has 1 fully saturated rings. The number of halogens is 1. The molecule has 0 unspecified atom stereocenters.